The van der Waals surface area contributed by atoms with Gasteiger partial charge in [-0.15, -0.1) is 0 Å². The van der Waals surface area contributed by atoms with Crippen LogP contribution in [-0.2, 0) is 10.0 Å². The van der Waals surface area contributed by atoms with Crippen molar-refractivity contribution in [2.45, 2.75) is 4.90 Å². The van der Waals surface area contributed by atoms with Crippen molar-refractivity contribution in [2.24, 2.45) is 5.14 Å². The summed E-state index contributed by atoms with van der Waals surface area (Å²) >= 11 is 5.88. The molecule has 2 N–H and O–H groups in total. The zero-order valence-electron chi connectivity index (χ0n) is 11.2. The standard InChI is InChI=1S/C15H11ClN2O3S/c16-15-18-13(10-4-2-1-3-5-10)14(21-15)11-6-8-12(9-7-11)22(17,19)20/h1-9H,(H2,17,19,20). The van der Waals surface area contributed by atoms with Gasteiger partial charge in [0.2, 0.25) is 10.0 Å². The molecule has 0 radical (unpaired) electrons. The van der Waals surface area contributed by atoms with Gasteiger partial charge in [-0.25, -0.2) is 13.6 Å². The van der Waals surface area contributed by atoms with Crippen LogP contribution in [0.5, 0.6) is 0 Å². The van der Waals surface area contributed by atoms with Gasteiger partial charge in [-0.1, -0.05) is 30.3 Å². The predicted octanol–water partition coefficient (Wildman–Crippen LogP) is 3.31. The van der Waals surface area contributed by atoms with Gasteiger partial charge in [-0.2, -0.15) is 4.98 Å². The SMILES string of the molecule is NS(=O)(=O)c1ccc(-c2oc(Cl)nc2-c2ccccc2)cc1. The van der Waals surface area contributed by atoms with E-state index in [0.717, 1.165) is 5.56 Å². The number of nitrogens with zero attached hydrogens (tertiary/aromatic N) is 1. The molecular formula is C15H11ClN2O3S. The van der Waals surface area contributed by atoms with Crippen LogP contribution in [0.3, 0.4) is 0 Å². The maximum absolute atomic E-state index is 11.3. The third-order valence-electron chi connectivity index (χ3n) is 3.09. The second-order valence-corrected chi connectivity index (χ2v) is 6.46. The Labute approximate surface area is 132 Å². The molecule has 0 atom stereocenters. The van der Waals surface area contributed by atoms with Crippen molar-refractivity contribution in [1.82, 2.24) is 4.98 Å². The van der Waals surface area contributed by atoms with E-state index in [1.165, 1.54) is 12.1 Å². The fraction of sp³-hybridized carbons (Fsp3) is 0. The van der Waals surface area contributed by atoms with E-state index in [9.17, 15) is 8.42 Å². The Bertz CT molecular complexity index is 904. The first-order valence-electron chi connectivity index (χ1n) is 6.30. The molecule has 0 amide bonds. The smallest absolute Gasteiger partial charge is 0.293 e. The largest absolute Gasteiger partial charge is 0.427 e. The van der Waals surface area contributed by atoms with E-state index in [1.807, 2.05) is 30.3 Å². The highest BCUT2D eigenvalue weighted by Crippen LogP contribution is 2.34. The van der Waals surface area contributed by atoms with Crippen LogP contribution in [0.25, 0.3) is 22.6 Å². The first kappa shape index (κ1) is 14.8. The molecule has 22 heavy (non-hydrogen) atoms. The summed E-state index contributed by atoms with van der Waals surface area (Å²) in [5.41, 5.74) is 2.10. The molecule has 112 valence electrons. The van der Waals surface area contributed by atoms with Crippen LogP contribution in [0.2, 0.25) is 5.35 Å². The van der Waals surface area contributed by atoms with Gasteiger partial charge in [0.1, 0.15) is 5.69 Å². The number of rotatable bonds is 3. The third kappa shape index (κ3) is 2.89. The lowest BCUT2D eigenvalue weighted by molar-refractivity contribution is 0.574. The van der Waals surface area contributed by atoms with Gasteiger partial charge in [0, 0.05) is 11.1 Å². The zero-order valence-corrected chi connectivity index (χ0v) is 12.8. The summed E-state index contributed by atoms with van der Waals surface area (Å²) < 4.78 is 28.0. The van der Waals surface area contributed by atoms with E-state index in [1.54, 1.807) is 12.1 Å². The summed E-state index contributed by atoms with van der Waals surface area (Å²) in [7, 11) is -3.73. The van der Waals surface area contributed by atoms with Crippen molar-refractivity contribution in [3.8, 4) is 22.6 Å². The molecule has 0 saturated heterocycles. The third-order valence-corrected chi connectivity index (χ3v) is 4.18. The van der Waals surface area contributed by atoms with Crippen LogP contribution < -0.4 is 5.14 Å². The predicted molar refractivity (Wildman–Crippen MR) is 83.8 cm³/mol. The molecule has 0 bridgehead atoms. The maximum Gasteiger partial charge on any atom is 0.293 e. The molecule has 0 aliphatic rings. The van der Waals surface area contributed by atoms with Gasteiger partial charge in [0.25, 0.3) is 5.35 Å². The van der Waals surface area contributed by atoms with Gasteiger partial charge in [0.15, 0.2) is 5.76 Å². The van der Waals surface area contributed by atoms with Crippen molar-refractivity contribution in [2.75, 3.05) is 0 Å². The first-order valence-corrected chi connectivity index (χ1v) is 8.22. The van der Waals surface area contributed by atoms with Crippen LogP contribution in [0, 0.1) is 0 Å². The molecular weight excluding hydrogens is 324 g/mol. The number of hydrogen-bond acceptors (Lipinski definition) is 4. The number of oxazole rings is 1. The van der Waals surface area contributed by atoms with Gasteiger partial charge < -0.3 is 4.42 Å². The lowest BCUT2D eigenvalue weighted by Crippen LogP contribution is -2.11. The Morgan fingerprint density at radius 1 is 0.955 bits per heavy atom. The number of benzene rings is 2. The molecule has 1 heterocycles. The molecule has 0 aliphatic heterocycles. The quantitative estimate of drug-likeness (QED) is 0.796. The molecule has 1 aromatic heterocycles. The van der Waals surface area contributed by atoms with Crippen LogP contribution >= 0.6 is 11.6 Å². The van der Waals surface area contributed by atoms with Crippen molar-refractivity contribution < 1.29 is 12.8 Å². The van der Waals surface area contributed by atoms with Crippen LogP contribution in [0.1, 0.15) is 0 Å². The minimum absolute atomic E-state index is 0.0179. The van der Waals surface area contributed by atoms with Crippen LogP contribution in [0.15, 0.2) is 63.9 Å². The van der Waals surface area contributed by atoms with Gasteiger partial charge >= 0.3 is 0 Å². The first-order chi connectivity index (χ1) is 10.4. The Morgan fingerprint density at radius 2 is 1.59 bits per heavy atom. The minimum Gasteiger partial charge on any atom is -0.427 e. The fourth-order valence-corrected chi connectivity index (χ4v) is 2.75. The van der Waals surface area contributed by atoms with E-state index in [-0.39, 0.29) is 10.2 Å². The molecule has 3 rings (SSSR count). The van der Waals surface area contributed by atoms with Gasteiger partial charge in [-0.05, 0) is 35.9 Å². The van der Waals surface area contributed by atoms with Gasteiger partial charge in [-0.3, -0.25) is 0 Å². The number of nitrogens with two attached hydrogens (primary N) is 1. The molecule has 7 heteroatoms. The Kier molecular flexibility index (Phi) is 3.74. The highest BCUT2D eigenvalue weighted by atomic mass is 35.5. The molecule has 0 unspecified atom stereocenters. The van der Waals surface area contributed by atoms with Crippen molar-refractivity contribution >= 4 is 21.6 Å². The summed E-state index contributed by atoms with van der Waals surface area (Å²) in [5, 5.41) is 5.10. The summed E-state index contributed by atoms with van der Waals surface area (Å²) in [4.78, 5) is 4.21. The lowest BCUT2D eigenvalue weighted by atomic mass is 10.1. The highest BCUT2D eigenvalue weighted by molar-refractivity contribution is 7.89. The molecule has 2 aromatic carbocycles. The number of halogens is 1. The van der Waals surface area contributed by atoms with Crippen molar-refractivity contribution in [3.63, 3.8) is 0 Å². The summed E-state index contributed by atoms with van der Waals surface area (Å²) in [6, 6.07) is 15.5. The molecule has 0 aliphatic carbocycles. The van der Waals surface area contributed by atoms with Crippen LogP contribution in [0.4, 0.5) is 0 Å². The Hall–Kier alpha value is -2.15. The number of sulfonamides is 1. The summed E-state index contributed by atoms with van der Waals surface area (Å²) in [6.45, 7) is 0. The monoisotopic (exact) mass is 334 g/mol. The fourth-order valence-electron chi connectivity index (χ4n) is 2.08. The second kappa shape index (κ2) is 5.57. The minimum atomic E-state index is -3.73. The molecule has 0 fully saturated rings. The van der Waals surface area contributed by atoms with E-state index >= 15 is 0 Å². The molecule has 3 aromatic rings. The molecule has 0 saturated carbocycles. The zero-order chi connectivity index (χ0) is 15.7. The Morgan fingerprint density at radius 3 is 2.18 bits per heavy atom. The van der Waals surface area contributed by atoms with Gasteiger partial charge in [0.05, 0.1) is 4.90 Å². The number of hydrogen-bond donors (Lipinski definition) is 1. The number of aromatic nitrogens is 1. The van der Waals surface area contributed by atoms with E-state index in [0.29, 0.717) is 17.0 Å². The average molecular weight is 335 g/mol. The van der Waals surface area contributed by atoms with E-state index in [4.69, 9.17) is 21.2 Å². The Balaban J connectivity index is 2.10. The second-order valence-electron chi connectivity index (χ2n) is 4.58. The molecule has 5 nitrogen and oxygen atoms in total. The van der Waals surface area contributed by atoms with Crippen LogP contribution in [-0.4, -0.2) is 13.4 Å². The van der Waals surface area contributed by atoms with E-state index < -0.39 is 10.0 Å². The summed E-state index contributed by atoms with van der Waals surface area (Å²) in [5.74, 6) is 0.470. The number of primary sulfonamides is 1. The topological polar surface area (TPSA) is 86.2 Å². The van der Waals surface area contributed by atoms with Crippen molar-refractivity contribution in [1.29, 1.82) is 0 Å². The molecule has 0 spiro atoms. The normalized spacial score (nSPS) is 11.5. The summed E-state index contributed by atoms with van der Waals surface area (Å²) in [6.07, 6.45) is 0. The average Bonchev–Trinajstić information content (AvgIpc) is 2.89. The highest BCUT2D eigenvalue weighted by Gasteiger charge is 2.16. The van der Waals surface area contributed by atoms with E-state index in [2.05, 4.69) is 4.98 Å². The lowest BCUT2D eigenvalue weighted by Gasteiger charge is -2.03. The van der Waals surface area contributed by atoms with Crippen molar-refractivity contribution in [3.05, 3.63) is 59.9 Å². The maximum atomic E-state index is 11.3.